The van der Waals surface area contributed by atoms with Gasteiger partial charge in [0.05, 0.1) is 0 Å². The summed E-state index contributed by atoms with van der Waals surface area (Å²) >= 11 is 0. The van der Waals surface area contributed by atoms with E-state index in [1.165, 1.54) is 0 Å². The Morgan fingerprint density at radius 3 is 2.25 bits per heavy atom. The molecule has 1 aliphatic carbocycles. The first-order chi connectivity index (χ1) is 7.59. The van der Waals surface area contributed by atoms with E-state index in [4.69, 9.17) is 10.2 Å². The van der Waals surface area contributed by atoms with E-state index in [0.717, 1.165) is 30.6 Å². The summed E-state index contributed by atoms with van der Waals surface area (Å²) < 4.78 is 0. The average molecular weight is 227 g/mol. The van der Waals surface area contributed by atoms with E-state index >= 15 is 0 Å². The van der Waals surface area contributed by atoms with Crippen molar-refractivity contribution in [1.82, 2.24) is 4.90 Å². The van der Waals surface area contributed by atoms with Gasteiger partial charge in [0.1, 0.15) is 6.04 Å². The van der Waals surface area contributed by atoms with Crippen molar-refractivity contribution in [2.75, 3.05) is 6.54 Å². The van der Waals surface area contributed by atoms with E-state index in [1.54, 1.807) is 0 Å². The lowest BCUT2D eigenvalue weighted by molar-refractivity contribution is -0.145. The first kappa shape index (κ1) is 11.2. The zero-order chi connectivity index (χ0) is 11.7. The van der Waals surface area contributed by atoms with Crippen LogP contribution in [0.15, 0.2) is 0 Å². The van der Waals surface area contributed by atoms with Gasteiger partial charge >= 0.3 is 12.1 Å². The quantitative estimate of drug-likeness (QED) is 0.713. The van der Waals surface area contributed by atoms with Gasteiger partial charge in [-0.2, -0.15) is 0 Å². The Morgan fingerprint density at radius 2 is 1.69 bits per heavy atom. The maximum Gasteiger partial charge on any atom is 0.408 e. The minimum Gasteiger partial charge on any atom is -0.480 e. The molecule has 0 aromatic carbocycles. The topological polar surface area (TPSA) is 77.8 Å². The number of amides is 1. The van der Waals surface area contributed by atoms with Gasteiger partial charge in [-0.3, -0.25) is 4.90 Å². The molecule has 1 saturated heterocycles. The molecule has 0 bridgehead atoms. The van der Waals surface area contributed by atoms with Gasteiger partial charge in [0.15, 0.2) is 0 Å². The lowest BCUT2D eigenvalue weighted by Gasteiger charge is -2.43. The fourth-order valence-electron chi connectivity index (χ4n) is 3.07. The van der Waals surface area contributed by atoms with Crippen LogP contribution in [-0.4, -0.2) is 39.8 Å². The fraction of sp³-hybridized carbons (Fsp3) is 0.818. The minimum atomic E-state index is -1.10. The van der Waals surface area contributed by atoms with Gasteiger partial charge < -0.3 is 10.2 Å². The Bertz CT molecular complexity index is 274. The molecule has 1 saturated carbocycles. The second kappa shape index (κ2) is 4.31. The van der Waals surface area contributed by atoms with Crippen molar-refractivity contribution < 1.29 is 19.8 Å². The van der Waals surface area contributed by atoms with Crippen LogP contribution in [0.3, 0.4) is 0 Å². The molecule has 5 heteroatoms. The molecule has 1 heterocycles. The molecule has 0 aromatic rings. The molecule has 0 spiro atoms. The monoisotopic (exact) mass is 227 g/mol. The summed E-state index contributed by atoms with van der Waals surface area (Å²) in [5.41, 5.74) is 0. The molecule has 90 valence electrons. The Labute approximate surface area is 94.0 Å². The van der Waals surface area contributed by atoms with Gasteiger partial charge in [-0.05, 0) is 24.7 Å². The Balaban J connectivity index is 2.13. The van der Waals surface area contributed by atoms with Crippen LogP contribution in [0.5, 0.6) is 0 Å². The molecule has 2 fully saturated rings. The summed E-state index contributed by atoms with van der Waals surface area (Å²) in [6.07, 6.45) is 3.79. The van der Waals surface area contributed by atoms with E-state index in [1.807, 2.05) is 0 Å². The number of fused-ring (bicyclic) bond motifs is 1. The van der Waals surface area contributed by atoms with E-state index in [0.29, 0.717) is 24.8 Å². The fourth-order valence-corrected chi connectivity index (χ4v) is 3.07. The summed E-state index contributed by atoms with van der Waals surface area (Å²) in [5, 5.41) is 18.1. The highest BCUT2D eigenvalue weighted by atomic mass is 16.4. The second-order valence-electron chi connectivity index (χ2n) is 4.83. The number of carboxylic acid groups (broad SMARTS) is 2. The molecule has 3 atom stereocenters. The zero-order valence-electron chi connectivity index (χ0n) is 9.13. The molecule has 5 nitrogen and oxygen atoms in total. The molecular formula is C11H17NO4. The maximum atomic E-state index is 11.0. The number of piperidine rings is 1. The normalized spacial score (nSPS) is 34.2. The van der Waals surface area contributed by atoms with Gasteiger partial charge in [-0.25, -0.2) is 9.59 Å². The van der Waals surface area contributed by atoms with Crippen molar-refractivity contribution >= 4 is 12.1 Å². The van der Waals surface area contributed by atoms with Crippen molar-refractivity contribution in [3.63, 3.8) is 0 Å². The van der Waals surface area contributed by atoms with Crippen LogP contribution < -0.4 is 0 Å². The lowest BCUT2D eigenvalue weighted by atomic mass is 9.73. The molecule has 1 amide bonds. The third-order valence-corrected chi connectivity index (χ3v) is 3.93. The molecule has 0 aromatic heterocycles. The van der Waals surface area contributed by atoms with Crippen LogP contribution in [0.1, 0.15) is 32.1 Å². The number of hydrogen-bond acceptors (Lipinski definition) is 2. The summed E-state index contributed by atoms with van der Waals surface area (Å²) in [7, 11) is 0. The first-order valence-electron chi connectivity index (χ1n) is 5.82. The Morgan fingerprint density at radius 1 is 1.06 bits per heavy atom. The van der Waals surface area contributed by atoms with Crippen LogP contribution in [0.2, 0.25) is 0 Å². The number of likely N-dealkylation sites (tertiary alicyclic amines) is 1. The largest absolute Gasteiger partial charge is 0.480 e. The maximum absolute atomic E-state index is 11.0. The smallest absolute Gasteiger partial charge is 0.408 e. The van der Waals surface area contributed by atoms with Gasteiger partial charge in [0.2, 0.25) is 0 Å². The number of aliphatic carboxylic acids is 1. The summed E-state index contributed by atoms with van der Waals surface area (Å²) in [6.45, 7) is 0.400. The Hall–Kier alpha value is -1.26. The van der Waals surface area contributed by atoms with E-state index < -0.39 is 18.1 Å². The number of hydrogen-bond donors (Lipinski definition) is 2. The van der Waals surface area contributed by atoms with Crippen molar-refractivity contribution in [3.8, 4) is 0 Å². The highest BCUT2D eigenvalue weighted by Crippen LogP contribution is 2.38. The number of carboxylic acids is 1. The molecule has 0 radical (unpaired) electrons. The number of nitrogens with zero attached hydrogens (tertiary/aromatic N) is 1. The summed E-state index contributed by atoms with van der Waals surface area (Å²) in [4.78, 5) is 23.2. The van der Waals surface area contributed by atoms with Crippen LogP contribution in [-0.2, 0) is 4.79 Å². The molecule has 2 aliphatic rings. The highest BCUT2D eigenvalue weighted by molar-refractivity contribution is 5.79. The first-order valence-corrected chi connectivity index (χ1v) is 5.82. The molecule has 2 rings (SSSR count). The van der Waals surface area contributed by atoms with Gasteiger partial charge in [0, 0.05) is 6.54 Å². The lowest BCUT2D eigenvalue weighted by Crippen LogP contribution is -2.53. The van der Waals surface area contributed by atoms with E-state index in [2.05, 4.69) is 0 Å². The van der Waals surface area contributed by atoms with E-state index in [-0.39, 0.29) is 0 Å². The van der Waals surface area contributed by atoms with Gasteiger partial charge in [0.25, 0.3) is 0 Å². The van der Waals surface area contributed by atoms with Gasteiger partial charge in [-0.1, -0.05) is 19.3 Å². The molecule has 2 N–H and O–H groups in total. The van der Waals surface area contributed by atoms with Crippen molar-refractivity contribution in [1.29, 1.82) is 0 Å². The molecule has 16 heavy (non-hydrogen) atoms. The van der Waals surface area contributed by atoms with Crippen LogP contribution in [0.25, 0.3) is 0 Å². The summed E-state index contributed by atoms with van der Waals surface area (Å²) in [6, 6.07) is -0.836. The van der Waals surface area contributed by atoms with E-state index in [9.17, 15) is 9.59 Å². The number of carbonyl (C=O) groups is 2. The Kier molecular flexibility index (Phi) is 3.03. The van der Waals surface area contributed by atoms with Crippen molar-refractivity contribution in [3.05, 3.63) is 0 Å². The predicted molar refractivity (Wildman–Crippen MR) is 56.2 cm³/mol. The highest BCUT2D eigenvalue weighted by Gasteiger charge is 2.41. The van der Waals surface area contributed by atoms with Crippen molar-refractivity contribution in [2.24, 2.45) is 11.8 Å². The SMILES string of the molecule is O=C(O)C1CC2CCCCC2CN1C(=O)O. The third-order valence-electron chi connectivity index (χ3n) is 3.93. The number of rotatable bonds is 1. The summed E-state index contributed by atoms with van der Waals surface area (Å²) in [5.74, 6) is -0.225. The average Bonchev–Trinajstić information content (AvgIpc) is 2.27. The van der Waals surface area contributed by atoms with Crippen LogP contribution >= 0.6 is 0 Å². The van der Waals surface area contributed by atoms with Crippen molar-refractivity contribution in [2.45, 2.75) is 38.1 Å². The zero-order valence-corrected chi connectivity index (χ0v) is 9.13. The second-order valence-corrected chi connectivity index (χ2v) is 4.83. The molecular weight excluding hydrogens is 210 g/mol. The van der Waals surface area contributed by atoms with Gasteiger partial charge in [-0.15, -0.1) is 0 Å². The minimum absolute atomic E-state index is 0.375. The van der Waals surface area contributed by atoms with Crippen LogP contribution in [0, 0.1) is 11.8 Å². The predicted octanol–water partition coefficient (Wildman–Crippen LogP) is 1.63. The molecule has 3 unspecified atom stereocenters. The van der Waals surface area contributed by atoms with Crippen LogP contribution in [0.4, 0.5) is 4.79 Å². The standard InChI is InChI=1S/C11H17NO4/c13-10(14)9-5-7-3-1-2-4-8(7)6-12(9)11(15)16/h7-9H,1-6H2,(H,13,14)(H,15,16). The third kappa shape index (κ3) is 1.99. The molecule has 1 aliphatic heterocycles.